The average Bonchev–Trinajstić information content (AvgIpc) is 3.31. The molecule has 0 radical (unpaired) electrons. The molecule has 6 nitrogen and oxygen atoms in total. The third-order valence-corrected chi connectivity index (χ3v) is 6.44. The van der Waals surface area contributed by atoms with Crippen LogP contribution in [0.3, 0.4) is 0 Å². The Hall–Kier alpha value is -3.06. The van der Waals surface area contributed by atoms with Crippen molar-refractivity contribution in [2.45, 2.75) is 45.4 Å². The number of nitrogens with zero attached hydrogens (tertiary/aromatic N) is 2. The van der Waals surface area contributed by atoms with Gasteiger partial charge in [-0.2, -0.15) is 0 Å². The number of amides is 3. The monoisotopic (exact) mass is 435 g/mol. The van der Waals surface area contributed by atoms with Gasteiger partial charge in [0, 0.05) is 12.1 Å². The summed E-state index contributed by atoms with van der Waals surface area (Å²) in [4.78, 5) is 43.5. The van der Waals surface area contributed by atoms with Crippen LogP contribution in [-0.2, 0) is 0 Å². The minimum absolute atomic E-state index is 0.119. The van der Waals surface area contributed by atoms with Gasteiger partial charge >= 0.3 is 0 Å². The molecule has 2 heterocycles. The van der Waals surface area contributed by atoms with E-state index in [1.165, 1.54) is 37.0 Å². The zero-order valence-electron chi connectivity index (χ0n) is 17.5. The number of fused-ring (bicyclic) bond motifs is 2. The molecule has 3 aromatic rings. The van der Waals surface area contributed by atoms with Gasteiger partial charge in [-0.1, -0.05) is 62.5 Å². The summed E-state index contributed by atoms with van der Waals surface area (Å²) in [6.07, 6.45) is 7.05. The molecule has 1 aliphatic rings. The lowest BCUT2D eigenvalue weighted by Gasteiger charge is -2.08. The van der Waals surface area contributed by atoms with Gasteiger partial charge in [-0.3, -0.25) is 14.4 Å². The van der Waals surface area contributed by atoms with E-state index in [0.717, 1.165) is 22.4 Å². The topological polar surface area (TPSA) is 79.4 Å². The fourth-order valence-corrected chi connectivity index (χ4v) is 4.72. The lowest BCUT2D eigenvalue weighted by Crippen LogP contribution is -2.29. The third-order valence-electron chi connectivity index (χ3n) is 5.44. The number of rotatable bonds is 9. The predicted molar refractivity (Wildman–Crippen MR) is 123 cm³/mol. The number of hydrogen-bond donors (Lipinski definition) is 1. The Morgan fingerprint density at radius 1 is 0.968 bits per heavy atom. The molecule has 0 spiro atoms. The molecule has 2 aromatic carbocycles. The molecule has 0 saturated heterocycles. The van der Waals surface area contributed by atoms with Crippen molar-refractivity contribution in [1.29, 1.82) is 0 Å². The molecule has 4 rings (SSSR count). The van der Waals surface area contributed by atoms with Gasteiger partial charge < -0.3 is 5.32 Å². The van der Waals surface area contributed by atoms with Crippen LogP contribution in [0.2, 0.25) is 0 Å². The lowest BCUT2D eigenvalue weighted by atomic mass is 10.1. The minimum Gasteiger partial charge on any atom is -0.352 e. The maximum Gasteiger partial charge on any atom is 0.268 e. The van der Waals surface area contributed by atoms with Crippen LogP contribution in [0.4, 0.5) is 5.13 Å². The fraction of sp³-hybridized carbons (Fsp3) is 0.333. The van der Waals surface area contributed by atoms with Crippen molar-refractivity contribution in [1.82, 2.24) is 10.3 Å². The molecule has 0 saturated carbocycles. The summed E-state index contributed by atoms with van der Waals surface area (Å²) in [7, 11) is 0. The van der Waals surface area contributed by atoms with Gasteiger partial charge in [-0.25, -0.2) is 9.88 Å². The average molecular weight is 436 g/mol. The van der Waals surface area contributed by atoms with Crippen LogP contribution < -0.4 is 10.2 Å². The van der Waals surface area contributed by atoms with E-state index >= 15 is 0 Å². The number of carbonyl (C=O) groups excluding carboxylic acids is 3. The number of unbranched alkanes of at least 4 members (excludes halogenated alkanes) is 5. The van der Waals surface area contributed by atoms with Crippen molar-refractivity contribution in [2.24, 2.45) is 0 Å². The Bertz CT molecular complexity index is 1100. The smallest absolute Gasteiger partial charge is 0.268 e. The van der Waals surface area contributed by atoms with Crippen LogP contribution >= 0.6 is 11.3 Å². The highest BCUT2D eigenvalue weighted by atomic mass is 32.1. The molecule has 1 N–H and O–H groups in total. The van der Waals surface area contributed by atoms with Crippen LogP contribution in [0.5, 0.6) is 0 Å². The normalized spacial score (nSPS) is 13.1. The maximum atomic E-state index is 12.7. The molecule has 160 valence electrons. The van der Waals surface area contributed by atoms with Gasteiger partial charge in [0.25, 0.3) is 17.7 Å². The molecular weight excluding hydrogens is 410 g/mol. The molecule has 0 aliphatic carbocycles. The molecule has 3 amide bonds. The summed E-state index contributed by atoms with van der Waals surface area (Å²) in [5, 5.41) is 3.29. The van der Waals surface area contributed by atoms with Crippen LogP contribution in [0, 0.1) is 0 Å². The maximum absolute atomic E-state index is 12.7. The first-order chi connectivity index (χ1) is 15.1. The number of nitrogens with one attached hydrogen (secondary N) is 1. The van der Waals surface area contributed by atoms with Gasteiger partial charge in [0.05, 0.1) is 21.3 Å². The van der Waals surface area contributed by atoms with Crippen LogP contribution in [-0.4, -0.2) is 29.3 Å². The van der Waals surface area contributed by atoms with Crippen molar-refractivity contribution in [3.8, 4) is 0 Å². The molecule has 1 aliphatic heterocycles. The second-order valence-corrected chi connectivity index (χ2v) is 8.70. The molecule has 7 heteroatoms. The van der Waals surface area contributed by atoms with E-state index in [-0.39, 0.29) is 17.7 Å². The second-order valence-electron chi connectivity index (χ2n) is 7.69. The van der Waals surface area contributed by atoms with E-state index in [2.05, 4.69) is 17.2 Å². The molecule has 0 atom stereocenters. The molecular formula is C24H25N3O3S. The first-order valence-electron chi connectivity index (χ1n) is 10.8. The van der Waals surface area contributed by atoms with E-state index in [4.69, 9.17) is 0 Å². The van der Waals surface area contributed by atoms with Crippen LogP contribution in [0.1, 0.15) is 76.5 Å². The molecule has 0 unspecified atom stereocenters. The first-order valence-corrected chi connectivity index (χ1v) is 11.6. The Kier molecular flexibility index (Phi) is 6.42. The number of aromatic nitrogens is 1. The van der Waals surface area contributed by atoms with Gasteiger partial charge in [-0.15, -0.1) is 0 Å². The van der Waals surface area contributed by atoms with Crippen LogP contribution in [0.25, 0.3) is 10.2 Å². The van der Waals surface area contributed by atoms with Crippen molar-refractivity contribution in [2.75, 3.05) is 11.4 Å². The largest absolute Gasteiger partial charge is 0.352 e. The molecule has 31 heavy (non-hydrogen) atoms. The Balaban J connectivity index is 1.43. The van der Waals surface area contributed by atoms with Crippen molar-refractivity contribution in [3.63, 3.8) is 0 Å². The van der Waals surface area contributed by atoms with E-state index in [1.807, 2.05) is 0 Å². The highest BCUT2D eigenvalue weighted by Crippen LogP contribution is 2.34. The highest BCUT2D eigenvalue weighted by Gasteiger charge is 2.38. The van der Waals surface area contributed by atoms with E-state index < -0.39 is 0 Å². The fourth-order valence-electron chi connectivity index (χ4n) is 3.72. The summed E-state index contributed by atoms with van der Waals surface area (Å²) in [5.74, 6) is -0.848. The second kappa shape index (κ2) is 9.39. The molecule has 0 fully saturated rings. The Morgan fingerprint density at radius 2 is 1.65 bits per heavy atom. The van der Waals surface area contributed by atoms with Gasteiger partial charge in [0.2, 0.25) is 5.13 Å². The van der Waals surface area contributed by atoms with E-state index in [1.54, 1.807) is 42.5 Å². The van der Waals surface area contributed by atoms with Gasteiger partial charge in [-0.05, 0) is 36.8 Å². The number of benzene rings is 2. The summed E-state index contributed by atoms with van der Waals surface area (Å²) in [6, 6.07) is 12.0. The number of imide groups is 1. The summed E-state index contributed by atoms with van der Waals surface area (Å²) in [6.45, 7) is 2.86. The number of carbonyl (C=O) groups is 3. The summed E-state index contributed by atoms with van der Waals surface area (Å²) >= 11 is 1.24. The van der Waals surface area contributed by atoms with Gasteiger partial charge in [0.1, 0.15) is 0 Å². The number of thiazole rings is 1. The van der Waals surface area contributed by atoms with E-state index in [9.17, 15) is 14.4 Å². The number of hydrogen-bond acceptors (Lipinski definition) is 5. The quantitative estimate of drug-likeness (QED) is 0.371. The van der Waals surface area contributed by atoms with E-state index in [0.29, 0.717) is 33.9 Å². The van der Waals surface area contributed by atoms with Crippen molar-refractivity contribution >= 4 is 44.4 Å². The standard InChI is InChI=1S/C24H25N3O3S/c1-2-3-4-5-6-9-14-25-21(28)16-12-13-19-20(15-16)31-24(26-19)27-22(29)17-10-7-8-11-18(17)23(27)30/h7-8,10-13,15H,2-6,9,14H2,1H3,(H,25,28). The zero-order chi connectivity index (χ0) is 21.8. The zero-order valence-corrected chi connectivity index (χ0v) is 18.3. The van der Waals surface area contributed by atoms with Crippen molar-refractivity contribution in [3.05, 3.63) is 59.2 Å². The number of anilines is 1. The summed E-state index contributed by atoms with van der Waals surface area (Å²) < 4.78 is 0.763. The SMILES string of the molecule is CCCCCCCCNC(=O)c1ccc2nc(N3C(=O)c4ccccc4C3=O)sc2c1. The first kappa shape index (κ1) is 21.2. The summed E-state index contributed by atoms with van der Waals surface area (Å²) in [5.41, 5.74) is 1.99. The molecule has 0 bridgehead atoms. The highest BCUT2D eigenvalue weighted by molar-refractivity contribution is 7.22. The minimum atomic E-state index is -0.364. The predicted octanol–water partition coefficient (Wildman–Crippen LogP) is 5.19. The third kappa shape index (κ3) is 4.37. The van der Waals surface area contributed by atoms with Crippen LogP contribution in [0.15, 0.2) is 42.5 Å². The Morgan fingerprint density at radius 3 is 2.35 bits per heavy atom. The Labute approximate surface area is 185 Å². The lowest BCUT2D eigenvalue weighted by molar-refractivity contribution is 0.0922. The van der Waals surface area contributed by atoms with Gasteiger partial charge in [0.15, 0.2) is 0 Å². The molecule has 1 aromatic heterocycles. The van der Waals surface area contributed by atoms with Crippen molar-refractivity contribution < 1.29 is 14.4 Å².